The highest BCUT2D eigenvalue weighted by molar-refractivity contribution is 6.30. The highest BCUT2D eigenvalue weighted by atomic mass is 35.5. The van der Waals surface area contributed by atoms with Crippen molar-refractivity contribution in [3.05, 3.63) is 64.7 Å². The van der Waals surface area contributed by atoms with Crippen molar-refractivity contribution in [2.45, 2.75) is 12.5 Å². The Balaban J connectivity index is 0.00000208. The van der Waals surface area contributed by atoms with Crippen LogP contribution < -0.4 is 15.8 Å². The number of nitrogens with two attached hydrogens (primary N) is 1. The molecular weight excluding hydrogens is 347 g/mol. The minimum absolute atomic E-state index is 0. The molecule has 128 valence electrons. The van der Waals surface area contributed by atoms with E-state index in [1.807, 2.05) is 42.5 Å². The van der Waals surface area contributed by atoms with E-state index in [0.29, 0.717) is 24.6 Å². The Morgan fingerprint density at radius 2 is 2.04 bits per heavy atom. The normalized spacial score (nSPS) is 17.0. The number of hydrogen-bond acceptors (Lipinski definition) is 3. The van der Waals surface area contributed by atoms with E-state index in [0.717, 1.165) is 16.9 Å². The summed E-state index contributed by atoms with van der Waals surface area (Å²) in [5.41, 5.74) is 8.08. The van der Waals surface area contributed by atoms with Gasteiger partial charge in [0.1, 0.15) is 12.4 Å². The maximum absolute atomic E-state index is 12.3. The molecule has 24 heavy (non-hydrogen) atoms. The predicted molar refractivity (Wildman–Crippen MR) is 97.8 cm³/mol. The quantitative estimate of drug-likeness (QED) is 0.873. The van der Waals surface area contributed by atoms with Crippen molar-refractivity contribution < 1.29 is 9.53 Å². The highest BCUT2D eigenvalue weighted by Gasteiger charge is 2.26. The first-order valence-corrected chi connectivity index (χ1v) is 8.01. The van der Waals surface area contributed by atoms with Crippen LogP contribution >= 0.6 is 24.0 Å². The molecule has 0 saturated carbocycles. The molecule has 6 heteroatoms. The Bertz CT molecular complexity index is 695. The van der Waals surface area contributed by atoms with Crippen molar-refractivity contribution >= 4 is 29.9 Å². The van der Waals surface area contributed by atoms with Gasteiger partial charge in [0, 0.05) is 17.6 Å². The molecule has 2 aromatic rings. The van der Waals surface area contributed by atoms with E-state index < -0.39 is 0 Å². The van der Waals surface area contributed by atoms with Crippen LogP contribution in [0.2, 0.25) is 5.02 Å². The van der Waals surface area contributed by atoms with Gasteiger partial charge in [-0.2, -0.15) is 0 Å². The fraction of sp³-hybridized carbons (Fsp3) is 0.278. The highest BCUT2D eigenvalue weighted by Crippen LogP contribution is 2.29. The Morgan fingerprint density at radius 1 is 1.29 bits per heavy atom. The van der Waals surface area contributed by atoms with Crippen LogP contribution in [-0.4, -0.2) is 19.1 Å². The van der Waals surface area contributed by atoms with Crippen molar-refractivity contribution in [2.24, 2.45) is 11.7 Å². The summed E-state index contributed by atoms with van der Waals surface area (Å²) in [7, 11) is 0. The maximum Gasteiger partial charge on any atom is 0.226 e. The molecule has 2 unspecified atom stereocenters. The number of ether oxygens (including phenoxy) is 1. The first-order chi connectivity index (χ1) is 11.1. The number of hydrogen-bond donors (Lipinski definition) is 2. The van der Waals surface area contributed by atoms with Crippen LogP contribution in [0, 0.1) is 5.92 Å². The number of carbonyl (C=O) groups is 1. The molecule has 0 radical (unpaired) electrons. The van der Waals surface area contributed by atoms with Crippen LogP contribution in [0.25, 0.3) is 0 Å². The molecule has 1 aliphatic rings. The molecule has 1 heterocycles. The summed E-state index contributed by atoms with van der Waals surface area (Å²) in [5.74, 6) is 0.547. The lowest BCUT2D eigenvalue weighted by Crippen LogP contribution is -2.40. The van der Waals surface area contributed by atoms with Gasteiger partial charge in [-0.15, -0.1) is 12.4 Å². The third kappa shape index (κ3) is 4.41. The lowest BCUT2D eigenvalue weighted by Gasteiger charge is -2.25. The Hall–Kier alpha value is -1.75. The third-order valence-corrected chi connectivity index (χ3v) is 4.26. The van der Waals surface area contributed by atoms with Gasteiger partial charge >= 0.3 is 0 Å². The summed E-state index contributed by atoms with van der Waals surface area (Å²) in [4.78, 5) is 12.3. The van der Waals surface area contributed by atoms with E-state index in [4.69, 9.17) is 22.1 Å². The second-order valence-electron chi connectivity index (χ2n) is 5.73. The first kappa shape index (κ1) is 18.6. The third-order valence-electron chi connectivity index (χ3n) is 4.02. The molecule has 3 N–H and O–H groups in total. The second-order valence-corrected chi connectivity index (χ2v) is 6.16. The number of fused-ring (bicyclic) bond motifs is 1. The fourth-order valence-electron chi connectivity index (χ4n) is 2.70. The van der Waals surface area contributed by atoms with Crippen LogP contribution in [0.4, 0.5) is 0 Å². The Morgan fingerprint density at radius 3 is 2.79 bits per heavy atom. The predicted octanol–water partition coefficient (Wildman–Crippen LogP) is 3.13. The molecule has 4 nitrogen and oxygen atoms in total. The van der Waals surface area contributed by atoms with E-state index in [1.54, 1.807) is 6.07 Å². The van der Waals surface area contributed by atoms with E-state index in [-0.39, 0.29) is 30.3 Å². The molecule has 0 fully saturated rings. The van der Waals surface area contributed by atoms with Gasteiger partial charge in [0.15, 0.2) is 0 Å². The zero-order valence-corrected chi connectivity index (χ0v) is 14.6. The number of amides is 1. The number of rotatable bonds is 4. The van der Waals surface area contributed by atoms with Crippen molar-refractivity contribution in [3.8, 4) is 5.75 Å². The van der Waals surface area contributed by atoms with Gasteiger partial charge in [0.05, 0.1) is 5.92 Å². The SMILES string of the molecule is Cl.NC(CNC(=O)C1COc2ccc(Cl)cc2C1)c1ccccc1. The Labute approximate surface area is 152 Å². The number of carbonyl (C=O) groups excluding carboxylic acids is 1. The van der Waals surface area contributed by atoms with Gasteiger partial charge in [-0.1, -0.05) is 41.9 Å². The first-order valence-electron chi connectivity index (χ1n) is 7.63. The zero-order chi connectivity index (χ0) is 16.2. The standard InChI is InChI=1S/C18H19ClN2O2.ClH/c19-15-6-7-17-13(9-15)8-14(11-23-17)18(22)21-10-16(20)12-4-2-1-3-5-12;/h1-7,9,14,16H,8,10-11,20H2,(H,21,22);1H. The largest absolute Gasteiger partial charge is 0.492 e. The minimum Gasteiger partial charge on any atom is -0.492 e. The van der Waals surface area contributed by atoms with Crippen molar-refractivity contribution in [1.29, 1.82) is 0 Å². The summed E-state index contributed by atoms with van der Waals surface area (Å²) < 4.78 is 5.65. The van der Waals surface area contributed by atoms with Crippen LogP contribution in [0.5, 0.6) is 5.75 Å². The van der Waals surface area contributed by atoms with Crippen LogP contribution in [-0.2, 0) is 11.2 Å². The van der Waals surface area contributed by atoms with Crippen molar-refractivity contribution in [1.82, 2.24) is 5.32 Å². The topological polar surface area (TPSA) is 64.3 Å². The molecule has 0 aromatic heterocycles. The van der Waals surface area contributed by atoms with E-state index in [2.05, 4.69) is 5.32 Å². The summed E-state index contributed by atoms with van der Waals surface area (Å²) in [5, 5.41) is 3.57. The van der Waals surface area contributed by atoms with Crippen LogP contribution in [0.15, 0.2) is 48.5 Å². The molecule has 0 bridgehead atoms. The summed E-state index contributed by atoms with van der Waals surface area (Å²) in [6.07, 6.45) is 0.627. The lowest BCUT2D eigenvalue weighted by atomic mass is 9.96. The molecule has 1 aliphatic heterocycles. The second kappa shape index (κ2) is 8.38. The number of halogens is 2. The Kier molecular flexibility index (Phi) is 6.49. The van der Waals surface area contributed by atoms with Crippen molar-refractivity contribution in [3.63, 3.8) is 0 Å². The van der Waals surface area contributed by atoms with Gasteiger partial charge in [0.25, 0.3) is 0 Å². The van der Waals surface area contributed by atoms with Gasteiger partial charge in [-0.3, -0.25) is 4.79 Å². The lowest BCUT2D eigenvalue weighted by molar-refractivity contribution is -0.126. The average Bonchev–Trinajstić information content (AvgIpc) is 2.59. The zero-order valence-electron chi connectivity index (χ0n) is 13.1. The number of benzene rings is 2. The molecular formula is C18H20Cl2N2O2. The summed E-state index contributed by atoms with van der Waals surface area (Å²) in [6.45, 7) is 0.781. The monoisotopic (exact) mass is 366 g/mol. The van der Waals surface area contributed by atoms with Gasteiger partial charge < -0.3 is 15.8 Å². The smallest absolute Gasteiger partial charge is 0.226 e. The van der Waals surface area contributed by atoms with E-state index in [1.165, 1.54) is 0 Å². The summed E-state index contributed by atoms with van der Waals surface area (Å²) in [6, 6.07) is 15.0. The maximum atomic E-state index is 12.3. The van der Waals surface area contributed by atoms with Gasteiger partial charge in [-0.25, -0.2) is 0 Å². The molecule has 0 saturated heterocycles. The van der Waals surface area contributed by atoms with Gasteiger partial charge in [0.2, 0.25) is 5.91 Å². The molecule has 1 amide bonds. The van der Waals surface area contributed by atoms with Crippen LogP contribution in [0.1, 0.15) is 17.2 Å². The van der Waals surface area contributed by atoms with Crippen LogP contribution in [0.3, 0.4) is 0 Å². The fourth-order valence-corrected chi connectivity index (χ4v) is 2.90. The minimum atomic E-state index is -0.219. The molecule has 0 aliphatic carbocycles. The molecule has 2 atom stereocenters. The van der Waals surface area contributed by atoms with E-state index >= 15 is 0 Å². The summed E-state index contributed by atoms with van der Waals surface area (Å²) >= 11 is 6.00. The van der Waals surface area contributed by atoms with Crippen molar-refractivity contribution in [2.75, 3.05) is 13.2 Å². The number of nitrogens with one attached hydrogen (secondary N) is 1. The molecule has 3 rings (SSSR count). The van der Waals surface area contributed by atoms with E-state index in [9.17, 15) is 4.79 Å². The molecule has 0 spiro atoms. The van der Waals surface area contributed by atoms with Gasteiger partial charge in [-0.05, 0) is 35.7 Å². The molecule has 2 aromatic carbocycles. The average molecular weight is 367 g/mol.